The maximum absolute atomic E-state index is 12.6. The highest BCUT2D eigenvalue weighted by Gasteiger charge is 2.31. The van der Waals surface area contributed by atoms with Crippen LogP contribution in [0.5, 0.6) is 0 Å². The molecule has 0 aliphatic carbocycles. The second-order valence-corrected chi connectivity index (χ2v) is 6.33. The Bertz CT molecular complexity index is 558. The quantitative estimate of drug-likeness (QED) is 0.838. The molecule has 1 heterocycles. The van der Waals surface area contributed by atoms with E-state index in [-0.39, 0.29) is 5.91 Å². The predicted octanol–water partition coefficient (Wildman–Crippen LogP) is 2.36. The Kier molecular flexibility index (Phi) is 4.34. The van der Waals surface area contributed by atoms with Crippen LogP contribution in [0.4, 0.5) is 0 Å². The van der Waals surface area contributed by atoms with E-state index in [1.54, 1.807) is 0 Å². The molecule has 1 aliphatic heterocycles. The molecule has 4 nitrogen and oxygen atoms in total. The van der Waals surface area contributed by atoms with Crippen LogP contribution in [-0.4, -0.2) is 47.4 Å². The molecule has 1 amide bonds. The van der Waals surface area contributed by atoms with E-state index in [4.69, 9.17) is 0 Å². The van der Waals surface area contributed by atoms with E-state index in [1.165, 1.54) is 0 Å². The molecule has 0 N–H and O–H groups in total. The number of hydrogen-bond acceptors (Lipinski definition) is 3. The number of hydrogen-bond donors (Lipinski definition) is 0. The monoisotopic (exact) mass is 285 g/mol. The Morgan fingerprint density at radius 2 is 1.62 bits per heavy atom. The van der Waals surface area contributed by atoms with Crippen LogP contribution in [0.15, 0.2) is 18.2 Å². The molecule has 0 saturated carbocycles. The van der Waals surface area contributed by atoms with Crippen LogP contribution in [0.1, 0.15) is 35.3 Å². The van der Waals surface area contributed by atoms with Gasteiger partial charge in [0.05, 0.1) is 6.07 Å². The van der Waals surface area contributed by atoms with Crippen molar-refractivity contribution in [2.75, 3.05) is 26.2 Å². The molecule has 1 aromatic carbocycles. The van der Waals surface area contributed by atoms with Gasteiger partial charge in [-0.1, -0.05) is 17.2 Å². The van der Waals surface area contributed by atoms with Crippen LogP contribution in [0, 0.1) is 25.2 Å². The Morgan fingerprint density at radius 3 is 2.10 bits per heavy atom. The van der Waals surface area contributed by atoms with Crippen molar-refractivity contribution in [2.24, 2.45) is 0 Å². The third-order valence-corrected chi connectivity index (χ3v) is 4.10. The summed E-state index contributed by atoms with van der Waals surface area (Å²) in [6, 6.07) is 8.29. The van der Waals surface area contributed by atoms with Crippen molar-refractivity contribution in [3.63, 3.8) is 0 Å². The van der Waals surface area contributed by atoms with Gasteiger partial charge < -0.3 is 4.90 Å². The number of piperazine rings is 1. The first kappa shape index (κ1) is 15.5. The van der Waals surface area contributed by atoms with E-state index < -0.39 is 5.54 Å². The number of amides is 1. The normalized spacial score (nSPS) is 16.6. The fraction of sp³-hybridized carbons (Fsp3) is 0.529. The molecule has 0 bridgehead atoms. The van der Waals surface area contributed by atoms with Crippen molar-refractivity contribution in [2.45, 2.75) is 33.2 Å². The molecule has 1 aromatic rings. The molecule has 0 unspecified atom stereocenters. The summed E-state index contributed by atoms with van der Waals surface area (Å²) in [6.07, 6.45) is 0. The SMILES string of the molecule is Cc1cc(C)cc(C(=O)N2CCN(C(C)(C)C#N)CC2)c1. The van der Waals surface area contributed by atoms with Crippen LogP contribution in [0.3, 0.4) is 0 Å². The molecule has 0 aromatic heterocycles. The van der Waals surface area contributed by atoms with Gasteiger partial charge in [-0.05, 0) is 39.8 Å². The second-order valence-electron chi connectivity index (χ2n) is 6.33. The van der Waals surface area contributed by atoms with Gasteiger partial charge in [0, 0.05) is 31.7 Å². The minimum Gasteiger partial charge on any atom is -0.336 e. The molecule has 0 atom stereocenters. The number of nitrogens with zero attached hydrogens (tertiary/aromatic N) is 3. The highest BCUT2D eigenvalue weighted by molar-refractivity contribution is 5.94. The maximum Gasteiger partial charge on any atom is 0.253 e. The smallest absolute Gasteiger partial charge is 0.253 e. The van der Waals surface area contributed by atoms with Crippen LogP contribution < -0.4 is 0 Å². The third kappa shape index (κ3) is 3.43. The molecular formula is C17H23N3O. The van der Waals surface area contributed by atoms with Gasteiger partial charge in [0.15, 0.2) is 0 Å². The van der Waals surface area contributed by atoms with E-state index in [0.717, 1.165) is 29.8 Å². The van der Waals surface area contributed by atoms with Crippen molar-refractivity contribution < 1.29 is 4.79 Å². The molecule has 112 valence electrons. The zero-order valence-corrected chi connectivity index (χ0v) is 13.3. The Hall–Kier alpha value is -1.86. The average Bonchev–Trinajstić information content (AvgIpc) is 2.45. The summed E-state index contributed by atoms with van der Waals surface area (Å²) in [7, 11) is 0. The van der Waals surface area contributed by atoms with Gasteiger partial charge in [0.1, 0.15) is 5.54 Å². The Morgan fingerprint density at radius 1 is 1.10 bits per heavy atom. The van der Waals surface area contributed by atoms with Crippen LogP contribution in [0.25, 0.3) is 0 Å². The second kappa shape index (κ2) is 5.87. The number of aryl methyl sites for hydroxylation is 2. The number of carbonyl (C=O) groups excluding carboxylic acids is 1. The molecule has 1 fully saturated rings. The predicted molar refractivity (Wildman–Crippen MR) is 83.1 cm³/mol. The number of benzene rings is 1. The zero-order chi connectivity index (χ0) is 15.6. The first-order valence-corrected chi connectivity index (χ1v) is 7.37. The first-order valence-electron chi connectivity index (χ1n) is 7.37. The van der Waals surface area contributed by atoms with E-state index in [0.29, 0.717) is 13.1 Å². The summed E-state index contributed by atoms with van der Waals surface area (Å²) >= 11 is 0. The highest BCUT2D eigenvalue weighted by atomic mass is 16.2. The van der Waals surface area contributed by atoms with Crippen molar-refractivity contribution in [1.82, 2.24) is 9.80 Å². The Labute approximate surface area is 127 Å². The van der Waals surface area contributed by atoms with Crippen molar-refractivity contribution >= 4 is 5.91 Å². The van der Waals surface area contributed by atoms with Crippen molar-refractivity contribution in [1.29, 1.82) is 5.26 Å². The third-order valence-electron chi connectivity index (χ3n) is 4.10. The lowest BCUT2D eigenvalue weighted by molar-refractivity contribution is 0.0521. The van der Waals surface area contributed by atoms with E-state index >= 15 is 0 Å². The summed E-state index contributed by atoms with van der Waals surface area (Å²) in [5, 5.41) is 9.19. The fourth-order valence-corrected chi connectivity index (χ4v) is 2.82. The van der Waals surface area contributed by atoms with Crippen LogP contribution in [-0.2, 0) is 0 Å². The van der Waals surface area contributed by atoms with Gasteiger partial charge in [-0.3, -0.25) is 9.69 Å². The van der Waals surface area contributed by atoms with Crippen LogP contribution in [0.2, 0.25) is 0 Å². The van der Waals surface area contributed by atoms with Gasteiger partial charge in [0.25, 0.3) is 5.91 Å². The maximum atomic E-state index is 12.6. The lowest BCUT2D eigenvalue weighted by Crippen LogP contribution is -2.55. The topological polar surface area (TPSA) is 47.3 Å². The van der Waals surface area contributed by atoms with Crippen molar-refractivity contribution in [3.05, 3.63) is 34.9 Å². The molecule has 0 spiro atoms. The van der Waals surface area contributed by atoms with Crippen LogP contribution >= 0.6 is 0 Å². The van der Waals surface area contributed by atoms with Crippen molar-refractivity contribution in [3.8, 4) is 6.07 Å². The molecule has 1 aliphatic rings. The van der Waals surface area contributed by atoms with Gasteiger partial charge >= 0.3 is 0 Å². The summed E-state index contributed by atoms with van der Waals surface area (Å²) in [5.74, 6) is 0.0937. The number of nitriles is 1. The van der Waals surface area contributed by atoms with Gasteiger partial charge in [0.2, 0.25) is 0 Å². The summed E-state index contributed by atoms with van der Waals surface area (Å²) in [5.41, 5.74) is 2.53. The summed E-state index contributed by atoms with van der Waals surface area (Å²) in [6.45, 7) is 10.7. The van der Waals surface area contributed by atoms with Gasteiger partial charge in [-0.15, -0.1) is 0 Å². The molecule has 2 rings (SSSR count). The largest absolute Gasteiger partial charge is 0.336 e. The first-order chi connectivity index (χ1) is 9.83. The minimum atomic E-state index is -0.463. The van der Waals surface area contributed by atoms with Gasteiger partial charge in [-0.25, -0.2) is 0 Å². The number of carbonyl (C=O) groups is 1. The average molecular weight is 285 g/mol. The zero-order valence-electron chi connectivity index (χ0n) is 13.3. The molecule has 1 saturated heterocycles. The van der Waals surface area contributed by atoms with E-state index in [1.807, 2.05) is 44.7 Å². The molecule has 4 heteroatoms. The lowest BCUT2D eigenvalue weighted by atomic mass is 10.0. The number of rotatable bonds is 2. The Balaban J connectivity index is 2.05. The summed E-state index contributed by atoms with van der Waals surface area (Å²) < 4.78 is 0. The standard InChI is InChI=1S/C17H23N3O/c1-13-9-14(2)11-15(10-13)16(21)19-5-7-20(8-6-19)17(3,4)12-18/h9-11H,5-8H2,1-4H3. The minimum absolute atomic E-state index is 0.0937. The molecular weight excluding hydrogens is 262 g/mol. The van der Waals surface area contributed by atoms with E-state index in [2.05, 4.69) is 17.0 Å². The van der Waals surface area contributed by atoms with E-state index in [9.17, 15) is 10.1 Å². The summed E-state index contributed by atoms with van der Waals surface area (Å²) in [4.78, 5) is 16.6. The lowest BCUT2D eigenvalue weighted by Gasteiger charge is -2.40. The fourth-order valence-electron chi connectivity index (χ4n) is 2.82. The molecule has 21 heavy (non-hydrogen) atoms. The molecule has 0 radical (unpaired) electrons. The van der Waals surface area contributed by atoms with Gasteiger partial charge in [-0.2, -0.15) is 5.26 Å². The highest BCUT2D eigenvalue weighted by Crippen LogP contribution is 2.18.